The molecule has 5 heteroatoms. The Labute approximate surface area is 128 Å². The zero-order valence-electron chi connectivity index (χ0n) is 13.3. The summed E-state index contributed by atoms with van der Waals surface area (Å²) >= 11 is 0. The van der Waals surface area contributed by atoms with Crippen LogP contribution in [0.5, 0.6) is 5.75 Å². The van der Waals surface area contributed by atoms with Crippen LogP contribution in [0.15, 0.2) is 33.5 Å². The van der Waals surface area contributed by atoms with Gasteiger partial charge in [0.25, 0.3) is 0 Å². The van der Waals surface area contributed by atoms with Crippen LogP contribution < -0.4 is 10.4 Å². The number of hydrogen-bond acceptors (Lipinski definition) is 5. The van der Waals surface area contributed by atoms with Crippen LogP contribution >= 0.6 is 0 Å². The monoisotopic (exact) mass is 304 g/mol. The summed E-state index contributed by atoms with van der Waals surface area (Å²) in [6, 6.07) is 6.66. The Hall–Kier alpha value is -2.30. The largest absolute Gasteiger partial charge is 0.482 e. The van der Waals surface area contributed by atoms with E-state index in [9.17, 15) is 9.59 Å². The van der Waals surface area contributed by atoms with Crippen molar-refractivity contribution in [3.8, 4) is 5.75 Å². The Morgan fingerprint density at radius 3 is 2.59 bits per heavy atom. The quantitative estimate of drug-likeness (QED) is 0.641. The lowest BCUT2D eigenvalue weighted by Gasteiger charge is -2.19. The smallest absolute Gasteiger partial charge is 0.344 e. The van der Waals surface area contributed by atoms with Gasteiger partial charge < -0.3 is 13.9 Å². The molecule has 0 saturated carbocycles. The first-order chi connectivity index (χ1) is 10.3. The van der Waals surface area contributed by atoms with Crippen molar-refractivity contribution in [2.45, 2.75) is 39.7 Å². The van der Waals surface area contributed by atoms with E-state index >= 15 is 0 Å². The number of aryl methyl sites for hydroxylation is 1. The van der Waals surface area contributed by atoms with Crippen LogP contribution in [-0.4, -0.2) is 18.2 Å². The summed E-state index contributed by atoms with van der Waals surface area (Å²) in [5, 5.41) is 0.867. The van der Waals surface area contributed by atoms with Gasteiger partial charge in [-0.15, -0.1) is 0 Å². The molecule has 0 fully saturated rings. The van der Waals surface area contributed by atoms with E-state index in [2.05, 4.69) is 0 Å². The van der Waals surface area contributed by atoms with Crippen molar-refractivity contribution in [2.24, 2.45) is 0 Å². The third-order valence-electron chi connectivity index (χ3n) is 2.96. The molecule has 0 aliphatic heterocycles. The Balaban J connectivity index is 2.17. The summed E-state index contributed by atoms with van der Waals surface area (Å²) < 4.78 is 15.7. The van der Waals surface area contributed by atoms with Gasteiger partial charge >= 0.3 is 11.6 Å². The second kappa shape index (κ2) is 6.22. The molecule has 0 saturated heterocycles. The van der Waals surface area contributed by atoms with E-state index in [1.54, 1.807) is 32.9 Å². The lowest BCUT2D eigenvalue weighted by atomic mass is 10.1. The lowest BCUT2D eigenvalue weighted by molar-refractivity contribution is -0.157. The van der Waals surface area contributed by atoms with Crippen LogP contribution in [0.3, 0.4) is 0 Å². The van der Waals surface area contributed by atoms with Gasteiger partial charge in [-0.2, -0.15) is 0 Å². The number of fused-ring (bicyclic) bond motifs is 1. The maximum Gasteiger partial charge on any atom is 0.344 e. The molecular weight excluding hydrogens is 284 g/mol. The van der Waals surface area contributed by atoms with Crippen molar-refractivity contribution in [2.75, 3.05) is 6.61 Å². The first-order valence-electron chi connectivity index (χ1n) is 7.20. The predicted octanol–water partition coefficient (Wildman–Crippen LogP) is 3.08. The Bertz CT molecular complexity index is 737. The molecule has 1 heterocycles. The number of esters is 1. The highest BCUT2D eigenvalue weighted by atomic mass is 16.6. The van der Waals surface area contributed by atoms with Crippen LogP contribution in [-0.2, 0) is 16.0 Å². The molecule has 1 aromatic heterocycles. The van der Waals surface area contributed by atoms with Crippen LogP contribution in [0.4, 0.5) is 0 Å². The van der Waals surface area contributed by atoms with Crippen molar-refractivity contribution >= 4 is 16.9 Å². The van der Waals surface area contributed by atoms with Crippen molar-refractivity contribution < 1.29 is 18.7 Å². The van der Waals surface area contributed by atoms with Gasteiger partial charge in [-0.25, -0.2) is 9.59 Å². The van der Waals surface area contributed by atoms with Gasteiger partial charge in [0.2, 0.25) is 0 Å². The van der Waals surface area contributed by atoms with Crippen LogP contribution in [0.25, 0.3) is 11.0 Å². The minimum absolute atomic E-state index is 0.194. The lowest BCUT2D eigenvalue weighted by Crippen LogP contribution is -2.27. The second-order valence-corrected chi connectivity index (χ2v) is 5.98. The zero-order valence-corrected chi connectivity index (χ0v) is 13.3. The molecule has 0 unspecified atom stereocenters. The third-order valence-corrected chi connectivity index (χ3v) is 2.96. The van der Waals surface area contributed by atoms with Crippen LogP contribution in [0, 0.1) is 0 Å². The number of benzene rings is 1. The van der Waals surface area contributed by atoms with Gasteiger partial charge in [0.15, 0.2) is 6.61 Å². The number of rotatable bonds is 4. The fourth-order valence-electron chi connectivity index (χ4n) is 2.11. The second-order valence-electron chi connectivity index (χ2n) is 5.98. The summed E-state index contributed by atoms with van der Waals surface area (Å²) in [7, 11) is 0. The Kier molecular flexibility index (Phi) is 4.54. The first kappa shape index (κ1) is 16.1. The van der Waals surface area contributed by atoms with Gasteiger partial charge in [0.1, 0.15) is 16.9 Å². The summed E-state index contributed by atoms with van der Waals surface area (Å²) in [4.78, 5) is 23.1. The zero-order chi connectivity index (χ0) is 16.3. The molecule has 0 bridgehead atoms. The van der Waals surface area contributed by atoms with Gasteiger partial charge in [-0.1, -0.05) is 6.92 Å². The maximum absolute atomic E-state index is 11.6. The van der Waals surface area contributed by atoms with Crippen LogP contribution in [0.2, 0.25) is 0 Å². The number of carbonyl (C=O) groups excluding carboxylic acids is 1. The molecule has 0 amide bonds. The molecular formula is C17H20O5. The van der Waals surface area contributed by atoms with Crippen molar-refractivity contribution in [1.29, 1.82) is 0 Å². The van der Waals surface area contributed by atoms with E-state index < -0.39 is 17.2 Å². The molecule has 2 rings (SSSR count). The number of ether oxygens (including phenoxy) is 2. The average Bonchev–Trinajstić information content (AvgIpc) is 2.41. The maximum atomic E-state index is 11.6. The van der Waals surface area contributed by atoms with Crippen LogP contribution in [0.1, 0.15) is 33.3 Å². The van der Waals surface area contributed by atoms with Gasteiger partial charge in [0, 0.05) is 17.5 Å². The summed E-state index contributed by atoms with van der Waals surface area (Å²) in [6.45, 7) is 7.16. The molecule has 0 aliphatic carbocycles. The predicted molar refractivity (Wildman–Crippen MR) is 83.2 cm³/mol. The van der Waals surface area contributed by atoms with Crippen molar-refractivity contribution in [1.82, 2.24) is 0 Å². The molecule has 118 valence electrons. The first-order valence-corrected chi connectivity index (χ1v) is 7.20. The molecule has 1 aromatic carbocycles. The number of carbonyl (C=O) groups is 1. The standard InChI is InChI=1S/C17H20O5/c1-5-11-8-15(18)21-14-9-12(6-7-13(11)14)20-10-16(19)22-17(2,3)4/h6-9H,5,10H2,1-4H3. The van der Waals surface area contributed by atoms with E-state index in [4.69, 9.17) is 13.9 Å². The molecule has 0 radical (unpaired) electrons. The molecule has 0 aliphatic rings. The molecule has 0 atom stereocenters. The molecule has 22 heavy (non-hydrogen) atoms. The third kappa shape index (κ3) is 4.10. The Morgan fingerprint density at radius 2 is 1.95 bits per heavy atom. The van der Waals surface area contributed by atoms with Crippen molar-refractivity contribution in [3.63, 3.8) is 0 Å². The number of hydrogen-bond donors (Lipinski definition) is 0. The van der Waals surface area contributed by atoms with Crippen molar-refractivity contribution in [3.05, 3.63) is 40.2 Å². The summed E-state index contributed by atoms with van der Waals surface area (Å²) in [5.74, 6) is 0.00567. The highest BCUT2D eigenvalue weighted by molar-refractivity contribution is 5.81. The van der Waals surface area contributed by atoms with Gasteiger partial charge in [-0.3, -0.25) is 0 Å². The van der Waals surface area contributed by atoms with Gasteiger partial charge in [-0.05, 0) is 44.9 Å². The van der Waals surface area contributed by atoms with Gasteiger partial charge in [0.05, 0.1) is 0 Å². The minimum atomic E-state index is -0.549. The topological polar surface area (TPSA) is 65.7 Å². The molecule has 5 nitrogen and oxygen atoms in total. The normalized spacial score (nSPS) is 11.5. The minimum Gasteiger partial charge on any atom is -0.482 e. The summed E-state index contributed by atoms with van der Waals surface area (Å²) in [5.41, 5.74) is 0.428. The van der Waals surface area contributed by atoms with E-state index in [-0.39, 0.29) is 6.61 Å². The fraction of sp³-hybridized carbons (Fsp3) is 0.412. The van der Waals surface area contributed by atoms with E-state index in [1.165, 1.54) is 6.07 Å². The Morgan fingerprint density at radius 1 is 1.23 bits per heavy atom. The summed E-state index contributed by atoms with van der Waals surface area (Å²) in [6.07, 6.45) is 0.736. The van der Waals surface area contributed by atoms with E-state index in [1.807, 2.05) is 13.0 Å². The molecule has 0 N–H and O–H groups in total. The highest BCUT2D eigenvalue weighted by Crippen LogP contribution is 2.23. The van der Waals surface area contributed by atoms with E-state index in [0.717, 1.165) is 17.4 Å². The van der Waals surface area contributed by atoms with E-state index in [0.29, 0.717) is 11.3 Å². The fourth-order valence-corrected chi connectivity index (χ4v) is 2.11. The highest BCUT2D eigenvalue weighted by Gasteiger charge is 2.16. The average molecular weight is 304 g/mol. The molecule has 2 aromatic rings. The molecule has 0 spiro atoms. The SMILES string of the molecule is CCc1cc(=O)oc2cc(OCC(=O)OC(C)(C)C)ccc12.